The van der Waals surface area contributed by atoms with Crippen molar-refractivity contribution >= 4 is 17.2 Å². The molecule has 0 aliphatic carbocycles. The van der Waals surface area contributed by atoms with E-state index in [0.29, 0.717) is 5.02 Å². The molecule has 3 rings (SSSR count). The number of nitrogens with zero attached hydrogens (tertiary/aromatic N) is 4. The van der Waals surface area contributed by atoms with Crippen molar-refractivity contribution in [1.82, 2.24) is 19.6 Å². The first kappa shape index (κ1) is 9.30. The Balaban J connectivity index is 2.25. The van der Waals surface area contributed by atoms with Crippen LogP contribution in [0.5, 0.6) is 0 Å². The van der Waals surface area contributed by atoms with Gasteiger partial charge >= 0.3 is 0 Å². The van der Waals surface area contributed by atoms with Crippen LogP contribution in [0.25, 0.3) is 16.9 Å². The van der Waals surface area contributed by atoms with Gasteiger partial charge in [-0.15, -0.1) is 10.2 Å². The average Bonchev–Trinajstić information content (AvgIpc) is 2.78. The Hall–Kier alpha value is -1.94. The normalized spacial score (nSPS) is 10.8. The molecule has 2 heterocycles. The fourth-order valence-corrected chi connectivity index (χ4v) is 1.70. The molecule has 3 aromatic rings. The minimum atomic E-state index is 0.706. The summed E-state index contributed by atoms with van der Waals surface area (Å²) in [6.07, 6.45) is 5.19. The third kappa shape index (κ3) is 1.44. The lowest BCUT2D eigenvalue weighted by Crippen LogP contribution is -1.90. The Morgan fingerprint density at radius 1 is 1.12 bits per heavy atom. The number of hydrogen-bond acceptors (Lipinski definition) is 3. The summed E-state index contributed by atoms with van der Waals surface area (Å²) >= 11 is 5.84. The summed E-state index contributed by atoms with van der Waals surface area (Å²) in [6, 6.07) is 7.50. The van der Waals surface area contributed by atoms with Crippen LogP contribution in [0.4, 0.5) is 0 Å². The molecule has 16 heavy (non-hydrogen) atoms. The van der Waals surface area contributed by atoms with Crippen molar-refractivity contribution in [3.8, 4) is 11.3 Å². The van der Waals surface area contributed by atoms with Gasteiger partial charge in [0.25, 0.3) is 0 Å². The summed E-state index contributed by atoms with van der Waals surface area (Å²) in [5.74, 6) is 0. The van der Waals surface area contributed by atoms with Gasteiger partial charge < -0.3 is 0 Å². The van der Waals surface area contributed by atoms with Crippen molar-refractivity contribution in [3.63, 3.8) is 0 Å². The molecule has 78 valence electrons. The number of hydrogen-bond donors (Lipinski definition) is 0. The molecular weight excluding hydrogens is 224 g/mol. The van der Waals surface area contributed by atoms with Crippen molar-refractivity contribution in [1.29, 1.82) is 0 Å². The van der Waals surface area contributed by atoms with Crippen molar-refractivity contribution in [2.75, 3.05) is 0 Å². The predicted molar refractivity (Wildman–Crippen MR) is 61.2 cm³/mol. The second-order valence-electron chi connectivity index (χ2n) is 3.34. The zero-order valence-corrected chi connectivity index (χ0v) is 8.96. The molecule has 0 fully saturated rings. The summed E-state index contributed by atoms with van der Waals surface area (Å²) in [4.78, 5) is 4.31. The molecule has 0 saturated heterocycles. The average molecular weight is 231 g/mol. The van der Waals surface area contributed by atoms with Crippen molar-refractivity contribution in [3.05, 3.63) is 48.0 Å². The first-order valence-corrected chi connectivity index (χ1v) is 5.13. The van der Waals surface area contributed by atoms with Gasteiger partial charge in [-0.1, -0.05) is 23.7 Å². The molecule has 1 aromatic carbocycles. The van der Waals surface area contributed by atoms with Crippen molar-refractivity contribution in [2.45, 2.75) is 0 Å². The van der Waals surface area contributed by atoms with E-state index >= 15 is 0 Å². The molecule has 0 N–H and O–H groups in total. The van der Waals surface area contributed by atoms with E-state index in [2.05, 4.69) is 15.2 Å². The Bertz CT molecular complexity index is 630. The minimum absolute atomic E-state index is 0.706. The highest BCUT2D eigenvalue weighted by Gasteiger charge is 2.06. The summed E-state index contributed by atoms with van der Waals surface area (Å²) in [5, 5.41) is 8.59. The van der Waals surface area contributed by atoms with Crippen LogP contribution < -0.4 is 0 Å². The summed E-state index contributed by atoms with van der Waals surface area (Å²) in [7, 11) is 0. The number of fused-ring (bicyclic) bond motifs is 1. The van der Waals surface area contributed by atoms with Gasteiger partial charge in [-0.05, 0) is 12.1 Å². The maximum atomic E-state index is 5.84. The molecule has 0 unspecified atom stereocenters. The Morgan fingerprint density at radius 2 is 1.94 bits per heavy atom. The lowest BCUT2D eigenvalue weighted by Gasteiger charge is -2.01. The summed E-state index contributed by atoms with van der Waals surface area (Å²) in [5.41, 5.74) is 2.52. The zero-order valence-electron chi connectivity index (χ0n) is 8.21. The Kier molecular flexibility index (Phi) is 2.08. The minimum Gasteiger partial charge on any atom is -0.286 e. The van der Waals surface area contributed by atoms with Gasteiger partial charge in [0, 0.05) is 23.0 Å². The van der Waals surface area contributed by atoms with Crippen LogP contribution >= 0.6 is 11.6 Å². The monoisotopic (exact) mass is 230 g/mol. The topological polar surface area (TPSA) is 43.1 Å². The van der Waals surface area contributed by atoms with Crippen LogP contribution in [0, 0.1) is 0 Å². The number of benzene rings is 1. The molecular formula is C11H7ClN4. The molecule has 0 saturated carbocycles. The first-order valence-electron chi connectivity index (χ1n) is 4.75. The van der Waals surface area contributed by atoms with E-state index < -0.39 is 0 Å². The Morgan fingerprint density at radius 3 is 2.75 bits per heavy atom. The van der Waals surface area contributed by atoms with E-state index in [1.807, 2.05) is 34.9 Å². The third-order valence-electron chi connectivity index (χ3n) is 2.33. The maximum absolute atomic E-state index is 5.84. The highest BCUT2D eigenvalue weighted by Crippen LogP contribution is 2.22. The third-order valence-corrected chi connectivity index (χ3v) is 2.59. The van der Waals surface area contributed by atoms with Crippen LogP contribution in [0.2, 0.25) is 5.02 Å². The lowest BCUT2D eigenvalue weighted by atomic mass is 10.1. The molecule has 0 amide bonds. The van der Waals surface area contributed by atoms with Crippen LogP contribution in [0.15, 0.2) is 43.0 Å². The van der Waals surface area contributed by atoms with Crippen molar-refractivity contribution < 1.29 is 0 Å². The van der Waals surface area contributed by atoms with Crippen molar-refractivity contribution in [2.24, 2.45) is 0 Å². The smallest absolute Gasteiger partial charge is 0.187 e. The van der Waals surface area contributed by atoms with Crippen LogP contribution in [0.1, 0.15) is 0 Å². The lowest BCUT2D eigenvalue weighted by molar-refractivity contribution is 1.10. The van der Waals surface area contributed by atoms with Gasteiger partial charge in [0.2, 0.25) is 0 Å². The van der Waals surface area contributed by atoms with E-state index in [0.717, 1.165) is 16.9 Å². The van der Waals surface area contributed by atoms with E-state index in [-0.39, 0.29) is 0 Å². The van der Waals surface area contributed by atoms with Gasteiger partial charge in [-0.2, -0.15) is 0 Å². The fraction of sp³-hybridized carbons (Fsp3) is 0. The predicted octanol–water partition coefficient (Wildman–Crippen LogP) is 2.44. The largest absolute Gasteiger partial charge is 0.286 e. The standard InChI is InChI=1S/C11H7ClN4/c12-9-3-1-8(2-4-9)10-11-15-14-7-16(11)6-5-13-10/h1-7H. The van der Waals surface area contributed by atoms with Gasteiger partial charge in [-0.3, -0.25) is 9.38 Å². The second kappa shape index (κ2) is 3.57. The fourth-order valence-electron chi connectivity index (χ4n) is 1.57. The molecule has 0 aliphatic heterocycles. The highest BCUT2D eigenvalue weighted by atomic mass is 35.5. The van der Waals surface area contributed by atoms with Crippen LogP contribution in [-0.4, -0.2) is 19.6 Å². The molecule has 4 nitrogen and oxygen atoms in total. The van der Waals surface area contributed by atoms with E-state index in [9.17, 15) is 0 Å². The van der Waals surface area contributed by atoms with Gasteiger partial charge in [0.1, 0.15) is 12.0 Å². The molecule has 0 spiro atoms. The Labute approximate surface area is 96.5 Å². The second-order valence-corrected chi connectivity index (χ2v) is 3.78. The first-order chi connectivity index (χ1) is 7.84. The highest BCUT2D eigenvalue weighted by molar-refractivity contribution is 6.30. The molecule has 5 heteroatoms. The molecule has 2 aromatic heterocycles. The molecule has 0 atom stereocenters. The van der Waals surface area contributed by atoms with Crippen LogP contribution in [-0.2, 0) is 0 Å². The quantitative estimate of drug-likeness (QED) is 0.645. The SMILES string of the molecule is Clc1ccc(-c2nccn3cnnc23)cc1. The molecule has 0 bridgehead atoms. The maximum Gasteiger partial charge on any atom is 0.187 e. The van der Waals surface area contributed by atoms with E-state index in [1.165, 1.54) is 0 Å². The zero-order chi connectivity index (χ0) is 11.0. The number of rotatable bonds is 1. The number of halogens is 1. The number of aromatic nitrogens is 4. The van der Waals surface area contributed by atoms with E-state index in [4.69, 9.17) is 11.6 Å². The van der Waals surface area contributed by atoms with Gasteiger partial charge in [-0.25, -0.2) is 0 Å². The summed E-state index contributed by atoms with van der Waals surface area (Å²) in [6.45, 7) is 0. The summed E-state index contributed by atoms with van der Waals surface area (Å²) < 4.78 is 1.83. The molecule has 0 radical (unpaired) electrons. The van der Waals surface area contributed by atoms with Crippen LogP contribution in [0.3, 0.4) is 0 Å². The van der Waals surface area contributed by atoms with Gasteiger partial charge in [0.05, 0.1) is 0 Å². The van der Waals surface area contributed by atoms with E-state index in [1.54, 1.807) is 12.5 Å². The van der Waals surface area contributed by atoms with Gasteiger partial charge in [0.15, 0.2) is 5.65 Å². The molecule has 0 aliphatic rings.